The molecule has 0 unspecified atom stereocenters. The van der Waals surface area contributed by atoms with Crippen LogP contribution < -0.4 is 5.73 Å². The molecule has 0 aliphatic heterocycles. The van der Waals surface area contributed by atoms with E-state index in [-0.39, 0.29) is 5.89 Å². The predicted octanol–water partition coefficient (Wildman–Crippen LogP) is 1.11. The molecule has 7 nitrogen and oxygen atoms in total. The molecule has 3 heterocycles. The lowest BCUT2D eigenvalue weighted by atomic mass is 10.3. The number of aromatic nitrogens is 5. The molecule has 0 spiro atoms. The van der Waals surface area contributed by atoms with Gasteiger partial charge < -0.3 is 10.2 Å². The number of pyridine rings is 1. The monoisotopic (exact) mass is 242 g/mol. The molecule has 0 saturated carbocycles. The Balaban J connectivity index is 2.02. The van der Waals surface area contributed by atoms with Crippen molar-refractivity contribution in [2.75, 3.05) is 5.73 Å². The summed E-state index contributed by atoms with van der Waals surface area (Å²) in [5, 5.41) is 12.0. The Morgan fingerprint density at radius 3 is 2.72 bits per heavy atom. The van der Waals surface area contributed by atoms with Gasteiger partial charge in [0.05, 0.1) is 5.69 Å². The molecule has 0 bridgehead atoms. The van der Waals surface area contributed by atoms with E-state index in [1.54, 1.807) is 30.2 Å². The molecule has 90 valence electrons. The number of rotatable bonds is 2. The fourth-order valence-electron chi connectivity index (χ4n) is 1.58. The van der Waals surface area contributed by atoms with Crippen molar-refractivity contribution >= 4 is 5.69 Å². The van der Waals surface area contributed by atoms with E-state index < -0.39 is 0 Å². The molecule has 0 saturated heterocycles. The van der Waals surface area contributed by atoms with Crippen LogP contribution in [0.2, 0.25) is 0 Å². The number of anilines is 1. The SMILES string of the molecule is Cn1cc(N)c(-c2nnc(-c3ccccn3)o2)n1. The molecule has 7 heteroatoms. The second kappa shape index (κ2) is 3.95. The third kappa shape index (κ3) is 1.71. The molecule has 3 rings (SSSR count). The van der Waals surface area contributed by atoms with E-state index in [0.29, 0.717) is 23.0 Å². The number of nitrogens with zero attached hydrogens (tertiary/aromatic N) is 5. The molecule has 0 atom stereocenters. The Bertz CT molecular complexity index is 672. The van der Waals surface area contributed by atoms with Crippen LogP contribution >= 0.6 is 0 Å². The highest BCUT2D eigenvalue weighted by atomic mass is 16.4. The van der Waals surface area contributed by atoms with E-state index in [1.165, 1.54) is 0 Å². The van der Waals surface area contributed by atoms with Gasteiger partial charge in [0.25, 0.3) is 11.8 Å². The lowest BCUT2D eigenvalue weighted by Crippen LogP contribution is -1.88. The average molecular weight is 242 g/mol. The molecule has 3 aromatic rings. The van der Waals surface area contributed by atoms with Gasteiger partial charge >= 0.3 is 0 Å². The first-order chi connectivity index (χ1) is 8.74. The molecule has 18 heavy (non-hydrogen) atoms. The molecule has 0 aromatic carbocycles. The van der Waals surface area contributed by atoms with Crippen LogP contribution in [0, 0.1) is 0 Å². The predicted molar refractivity (Wildman–Crippen MR) is 64.1 cm³/mol. The first-order valence-corrected chi connectivity index (χ1v) is 5.28. The second-order valence-corrected chi connectivity index (χ2v) is 3.73. The Kier molecular flexibility index (Phi) is 2.30. The van der Waals surface area contributed by atoms with E-state index in [4.69, 9.17) is 10.2 Å². The number of hydrogen-bond acceptors (Lipinski definition) is 6. The van der Waals surface area contributed by atoms with Crippen LogP contribution in [0.5, 0.6) is 0 Å². The first-order valence-electron chi connectivity index (χ1n) is 5.28. The van der Waals surface area contributed by atoms with Crippen LogP contribution in [0.1, 0.15) is 0 Å². The van der Waals surface area contributed by atoms with Crippen LogP contribution in [0.4, 0.5) is 5.69 Å². The smallest absolute Gasteiger partial charge is 0.270 e. The molecule has 2 N–H and O–H groups in total. The summed E-state index contributed by atoms with van der Waals surface area (Å²) in [6, 6.07) is 5.46. The summed E-state index contributed by atoms with van der Waals surface area (Å²) in [6.45, 7) is 0. The molecule has 0 radical (unpaired) electrons. The minimum Gasteiger partial charge on any atom is -0.413 e. The Morgan fingerprint density at radius 1 is 1.22 bits per heavy atom. The summed E-state index contributed by atoms with van der Waals surface area (Å²) in [5.74, 6) is 0.629. The molecule has 0 fully saturated rings. The lowest BCUT2D eigenvalue weighted by Gasteiger charge is -1.91. The van der Waals surface area contributed by atoms with Gasteiger partial charge in [-0.3, -0.25) is 9.67 Å². The zero-order chi connectivity index (χ0) is 12.5. The van der Waals surface area contributed by atoms with Gasteiger partial charge in [0, 0.05) is 19.4 Å². The van der Waals surface area contributed by atoms with Gasteiger partial charge in [0.2, 0.25) is 0 Å². The fraction of sp³-hybridized carbons (Fsp3) is 0.0909. The van der Waals surface area contributed by atoms with Crippen molar-refractivity contribution in [1.29, 1.82) is 0 Å². The van der Waals surface area contributed by atoms with Crippen LogP contribution in [0.25, 0.3) is 23.2 Å². The minimum atomic E-state index is 0.286. The van der Waals surface area contributed by atoms with Crippen molar-refractivity contribution in [2.24, 2.45) is 7.05 Å². The van der Waals surface area contributed by atoms with Crippen molar-refractivity contribution in [2.45, 2.75) is 0 Å². The highest BCUT2D eigenvalue weighted by Gasteiger charge is 2.16. The maximum atomic E-state index is 5.79. The summed E-state index contributed by atoms with van der Waals surface area (Å²) in [7, 11) is 1.77. The van der Waals surface area contributed by atoms with E-state index in [1.807, 2.05) is 12.1 Å². The summed E-state index contributed by atoms with van der Waals surface area (Å²) >= 11 is 0. The van der Waals surface area contributed by atoms with Gasteiger partial charge in [0.1, 0.15) is 5.69 Å². The fourth-order valence-corrected chi connectivity index (χ4v) is 1.58. The summed E-state index contributed by atoms with van der Waals surface area (Å²) in [4.78, 5) is 4.13. The van der Waals surface area contributed by atoms with Crippen LogP contribution in [0.15, 0.2) is 35.0 Å². The van der Waals surface area contributed by atoms with Gasteiger partial charge in [-0.15, -0.1) is 10.2 Å². The van der Waals surface area contributed by atoms with Crippen molar-refractivity contribution in [1.82, 2.24) is 25.0 Å². The summed E-state index contributed by atoms with van der Waals surface area (Å²) < 4.78 is 7.10. The topological polar surface area (TPSA) is 95.7 Å². The van der Waals surface area contributed by atoms with Crippen molar-refractivity contribution < 1.29 is 4.42 Å². The van der Waals surface area contributed by atoms with Crippen LogP contribution in [-0.2, 0) is 7.05 Å². The quantitative estimate of drug-likeness (QED) is 0.723. The Morgan fingerprint density at radius 2 is 2.06 bits per heavy atom. The molecule has 3 aromatic heterocycles. The molecular weight excluding hydrogens is 232 g/mol. The Labute approximate surface area is 102 Å². The summed E-state index contributed by atoms with van der Waals surface area (Å²) in [5.41, 5.74) is 7.38. The third-order valence-corrected chi connectivity index (χ3v) is 2.37. The maximum Gasteiger partial charge on any atom is 0.270 e. The standard InChI is InChI=1S/C11H10N6O/c1-17-6-7(12)9(16-17)11-15-14-10(18-11)8-4-2-3-5-13-8/h2-6H,12H2,1H3. The number of nitrogens with two attached hydrogens (primary N) is 1. The van der Waals surface area contributed by atoms with Crippen LogP contribution in [-0.4, -0.2) is 25.0 Å². The molecular formula is C11H10N6O. The zero-order valence-electron chi connectivity index (χ0n) is 9.61. The molecule has 0 amide bonds. The van der Waals surface area contributed by atoms with Gasteiger partial charge in [-0.05, 0) is 12.1 Å². The largest absolute Gasteiger partial charge is 0.413 e. The number of aryl methyl sites for hydroxylation is 1. The van der Waals surface area contributed by atoms with Gasteiger partial charge in [-0.25, -0.2) is 0 Å². The summed E-state index contributed by atoms with van der Waals surface area (Å²) in [6.07, 6.45) is 3.34. The minimum absolute atomic E-state index is 0.286. The number of nitrogen functional groups attached to an aromatic ring is 1. The van der Waals surface area contributed by atoms with E-state index >= 15 is 0 Å². The van der Waals surface area contributed by atoms with E-state index in [9.17, 15) is 0 Å². The van der Waals surface area contributed by atoms with Crippen LogP contribution in [0.3, 0.4) is 0 Å². The highest BCUT2D eigenvalue weighted by molar-refractivity contribution is 5.65. The van der Waals surface area contributed by atoms with Gasteiger partial charge in [0.15, 0.2) is 5.69 Å². The second-order valence-electron chi connectivity index (χ2n) is 3.73. The normalized spacial score (nSPS) is 10.7. The first kappa shape index (κ1) is 10.5. The number of hydrogen-bond donors (Lipinski definition) is 1. The third-order valence-electron chi connectivity index (χ3n) is 2.37. The van der Waals surface area contributed by atoms with E-state index in [2.05, 4.69) is 20.3 Å². The van der Waals surface area contributed by atoms with E-state index in [0.717, 1.165) is 0 Å². The van der Waals surface area contributed by atoms with Gasteiger partial charge in [-0.2, -0.15) is 5.10 Å². The average Bonchev–Trinajstić information content (AvgIpc) is 2.97. The van der Waals surface area contributed by atoms with Crippen molar-refractivity contribution in [3.05, 3.63) is 30.6 Å². The van der Waals surface area contributed by atoms with Crippen molar-refractivity contribution in [3.8, 4) is 23.2 Å². The Hall–Kier alpha value is -2.70. The maximum absolute atomic E-state index is 5.79. The van der Waals surface area contributed by atoms with Gasteiger partial charge in [-0.1, -0.05) is 6.07 Å². The highest BCUT2D eigenvalue weighted by Crippen LogP contribution is 2.25. The zero-order valence-corrected chi connectivity index (χ0v) is 9.61. The molecule has 0 aliphatic carbocycles. The van der Waals surface area contributed by atoms with Crippen molar-refractivity contribution in [3.63, 3.8) is 0 Å². The molecule has 0 aliphatic rings. The lowest BCUT2D eigenvalue weighted by molar-refractivity contribution is 0.577.